The molecule has 4 rings (SSSR count). The average Bonchev–Trinajstić information content (AvgIpc) is 2.86. The number of anilines is 2. The van der Waals surface area contributed by atoms with Crippen LogP contribution in [-0.4, -0.2) is 27.9 Å². The van der Waals surface area contributed by atoms with E-state index in [1.165, 1.54) is 18.2 Å². The molecule has 2 N–H and O–H groups in total. The van der Waals surface area contributed by atoms with Gasteiger partial charge >= 0.3 is 0 Å². The number of pyridine rings is 1. The Labute approximate surface area is 197 Å². The predicted octanol–water partition coefficient (Wildman–Crippen LogP) is 5.72. The van der Waals surface area contributed by atoms with Gasteiger partial charge in [0.1, 0.15) is 11.6 Å². The zero-order valence-corrected chi connectivity index (χ0v) is 18.9. The fourth-order valence-electron chi connectivity index (χ4n) is 3.44. The van der Waals surface area contributed by atoms with Crippen LogP contribution >= 0.6 is 0 Å². The summed E-state index contributed by atoms with van der Waals surface area (Å²) in [7, 11) is 1.73. The molecule has 0 aliphatic rings. The molecule has 7 nitrogen and oxygen atoms in total. The van der Waals surface area contributed by atoms with Crippen LogP contribution in [0.15, 0.2) is 73.1 Å². The summed E-state index contributed by atoms with van der Waals surface area (Å²) in [5.74, 6) is -0.212. The van der Waals surface area contributed by atoms with E-state index in [0.29, 0.717) is 22.9 Å². The zero-order valence-electron chi connectivity index (χ0n) is 18.9. The molecule has 0 spiro atoms. The predicted molar refractivity (Wildman–Crippen MR) is 130 cm³/mol. The highest BCUT2D eigenvalue weighted by Crippen LogP contribution is 2.31. The zero-order chi connectivity index (χ0) is 23.9. The molecule has 1 amide bonds. The first kappa shape index (κ1) is 22.8. The molecule has 34 heavy (non-hydrogen) atoms. The number of carbonyl (C=O) groups is 1. The van der Waals surface area contributed by atoms with Gasteiger partial charge in [0.15, 0.2) is 0 Å². The van der Waals surface area contributed by atoms with Crippen LogP contribution in [0.3, 0.4) is 0 Å². The number of nitrogens with one attached hydrogen (secondary N) is 2. The summed E-state index contributed by atoms with van der Waals surface area (Å²) in [6.07, 6.45) is 5.10. The maximum atomic E-state index is 14.5. The lowest BCUT2D eigenvalue weighted by Crippen LogP contribution is -2.14. The summed E-state index contributed by atoms with van der Waals surface area (Å²) >= 11 is 0. The maximum Gasteiger partial charge on any atom is 0.258 e. The van der Waals surface area contributed by atoms with Gasteiger partial charge in [-0.15, -0.1) is 0 Å². The standard InChI is InChI=1S/C26H24FN5O2/c1-3-6-17-7-4-8-18(15-17)31-24(33)21-16-19(10-11-22(21)27)34-25-20(9-5-13-29-25)23-12-14-30-26(28-2)32-23/h4-5,7-16H,3,6H2,1-2H3,(H,31,33)(H,28,30,32). The van der Waals surface area contributed by atoms with Gasteiger partial charge in [-0.3, -0.25) is 4.79 Å². The number of aryl methyl sites for hydroxylation is 1. The number of nitrogens with zero attached hydrogens (tertiary/aromatic N) is 3. The molecule has 0 saturated heterocycles. The average molecular weight is 458 g/mol. The molecule has 0 bridgehead atoms. The van der Waals surface area contributed by atoms with Gasteiger partial charge in [-0.05, 0) is 60.5 Å². The van der Waals surface area contributed by atoms with E-state index in [4.69, 9.17) is 4.74 Å². The lowest BCUT2D eigenvalue weighted by Gasteiger charge is -2.12. The van der Waals surface area contributed by atoms with E-state index in [-0.39, 0.29) is 17.2 Å². The number of aromatic nitrogens is 3. The monoisotopic (exact) mass is 457 g/mol. The number of hydrogen-bond acceptors (Lipinski definition) is 6. The molecule has 172 valence electrons. The second kappa shape index (κ2) is 10.5. The number of amides is 1. The third-order valence-corrected chi connectivity index (χ3v) is 5.05. The topological polar surface area (TPSA) is 89.0 Å². The second-order valence-electron chi connectivity index (χ2n) is 7.52. The molecule has 4 aromatic rings. The highest BCUT2D eigenvalue weighted by atomic mass is 19.1. The molecule has 0 saturated carbocycles. The van der Waals surface area contributed by atoms with Gasteiger partial charge in [0.05, 0.1) is 16.8 Å². The molecule has 0 aliphatic heterocycles. The minimum Gasteiger partial charge on any atom is -0.438 e. The van der Waals surface area contributed by atoms with E-state index >= 15 is 0 Å². The van der Waals surface area contributed by atoms with Gasteiger partial charge in [0.2, 0.25) is 11.8 Å². The van der Waals surface area contributed by atoms with E-state index in [9.17, 15) is 9.18 Å². The highest BCUT2D eigenvalue weighted by molar-refractivity contribution is 6.04. The smallest absolute Gasteiger partial charge is 0.258 e. The van der Waals surface area contributed by atoms with Crippen LogP contribution in [0.25, 0.3) is 11.3 Å². The minimum atomic E-state index is -0.648. The molecule has 0 radical (unpaired) electrons. The molecule has 2 heterocycles. The molecule has 0 atom stereocenters. The van der Waals surface area contributed by atoms with Crippen molar-refractivity contribution in [2.45, 2.75) is 19.8 Å². The quantitative estimate of drug-likeness (QED) is 0.352. The Balaban J connectivity index is 1.59. The van der Waals surface area contributed by atoms with Gasteiger partial charge in [-0.2, -0.15) is 0 Å². The van der Waals surface area contributed by atoms with Crippen molar-refractivity contribution in [3.63, 3.8) is 0 Å². The van der Waals surface area contributed by atoms with Gasteiger partial charge in [0.25, 0.3) is 5.91 Å². The molecule has 0 fully saturated rings. The molecular formula is C26H24FN5O2. The SMILES string of the molecule is CCCc1cccc(NC(=O)c2cc(Oc3ncccc3-c3ccnc(NC)n3)ccc2F)c1. The van der Waals surface area contributed by atoms with Gasteiger partial charge in [-0.25, -0.2) is 19.3 Å². The summed E-state index contributed by atoms with van der Waals surface area (Å²) in [5, 5.41) is 5.66. The van der Waals surface area contributed by atoms with Crippen LogP contribution in [-0.2, 0) is 6.42 Å². The summed E-state index contributed by atoms with van der Waals surface area (Å²) in [5.41, 5.74) is 2.82. The first-order valence-electron chi connectivity index (χ1n) is 10.9. The number of ether oxygens (including phenoxy) is 1. The first-order chi connectivity index (χ1) is 16.6. The fraction of sp³-hybridized carbons (Fsp3) is 0.154. The lowest BCUT2D eigenvalue weighted by molar-refractivity contribution is 0.102. The normalized spacial score (nSPS) is 10.6. The molecule has 2 aromatic carbocycles. The van der Waals surface area contributed by atoms with Crippen molar-refractivity contribution in [1.82, 2.24) is 15.0 Å². The minimum absolute atomic E-state index is 0.129. The van der Waals surface area contributed by atoms with Crippen LogP contribution in [0.4, 0.5) is 16.0 Å². The van der Waals surface area contributed by atoms with Crippen molar-refractivity contribution >= 4 is 17.5 Å². The van der Waals surface area contributed by atoms with Gasteiger partial charge in [0, 0.05) is 25.1 Å². The molecule has 0 aliphatic carbocycles. The third-order valence-electron chi connectivity index (χ3n) is 5.05. The van der Waals surface area contributed by atoms with Crippen molar-refractivity contribution in [2.24, 2.45) is 0 Å². The first-order valence-corrected chi connectivity index (χ1v) is 10.9. The van der Waals surface area contributed by atoms with E-state index in [1.54, 1.807) is 37.6 Å². The summed E-state index contributed by atoms with van der Waals surface area (Å²) < 4.78 is 20.5. The van der Waals surface area contributed by atoms with Crippen molar-refractivity contribution < 1.29 is 13.9 Å². The van der Waals surface area contributed by atoms with Crippen LogP contribution < -0.4 is 15.4 Å². The summed E-state index contributed by atoms with van der Waals surface area (Å²) in [6, 6.07) is 16.8. The lowest BCUT2D eigenvalue weighted by atomic mass is 10.1. The molecular weight excluding hydrogens is 433 g/mol. The van der Waals surface area contributed by atoms with Crippen LogP contribution in [0.5, 0.6) is 11.6 Å². The van der Waals surface area contributed by atoms with Gasteiger partial charge < -0.3 is 15.4 Å². The summed E-state index contributed by atoms with van der Waals surface area (Å²) in [4.78, 5) is 25.7. The largest absolute Gasteiger partial charge is 0.438 e. The van der Waals surface area contributed by atoms with E-state index in [0.717, 1.165) is 18.4 Å². The third kappa shape index (κ3) is 5.35. The van der Waals surface area contributed by atoms with E-state index in [2.05, 4.69) is 32.5 Å². The second-order valence-corrected chi connectivity index (χ2v) is 7.52. The number of hydrogen-bond donors (Lipinski definition) is 2. The highest BCUT2D eigenvalue weighted by Gasteiger charge is 2.16. The number of halogens is 1. The van der Waals surface area contributed by atoms with Crippen LogP contribution in [0.2, 0.25) is 0 Å². The van der Waals surface area contributed by atoms with E-state index in [1.807, 2.05) is 24.3 Å². The van der Waals surface area contributed by atoms with Crippen LogP contribution in [0.1, 0.15) is 29.3 Å². The Kier molecular flexibility index (Phi) is 7.07. The Morgan fingerprint density at radius 3 is 2.74 bits per heavy atom. The number of carbonyl (C=O) groups excluding carboxylic acids is 1. The van der Waals surface area contributed by atoms with Crippen LogP contribution in [0, 0.1) is 5.82 Å². The van der Waals surface area contributed by atoms with Crippen molar-refractivity contribution in [3.8, 4) is 22.9 Å². The fourth-order valence-corrected chi connectivity index (χ4v) is 3.44. The number of rotatable bonds is 8. The Hall–Kier alpha value is -4.33. The van der Waals surface area contributed by atoms with Crippen molar-refractivity contribution in [1.29, 1.82) is 0 Å². The van der Waals surface area contributed by atoms with Crippen molar-refractivity contribution in [2.75, 3.05) is 17.7 Å². The molecule has 8 heteroatoms. The van der Waals surface area contributed by atoms with E-state index < -0.39 is 11.7 Å². The van der Waals surface area contributed by atoms with Gasteiger partial charge in [-0.1, -0.05) is 25.5 Å². The number of benzene rings is 2. The Morgan fingerprint density at radius 2 is 1.91 bits per heavy atom. The summed E-state index contributed by atoms with van der Waals surface area (Å²) in [6.45, 7) is 2.09. The molecule has 0 unspecified atom stereocenters. The maximum absolute atomic E-state index is 14.5. The molecule has 2 aromatic heterocycles. The van der Waals surface area contributed by atoms with Crippen molar-refractivity contribution in [3.05, 3.63) is 90.0 Å². The Bertz CT molecular complexity index is 1310. The Morgan fingerprint density at radius 1 is 1.03 bits per heavy atom.